The van der Waals surface area contributed by atoms with Gasteiger partial charge in [-0.2, -0.15) is 0 Å². The number of rotatable bonds is 5. The normalized spacial score (nSPS) is 12.8. The molecule has 5 nitrogen and oxygen atoms in total. The summed E-state index contributed by atoms with van der Waals surface area (Å²) in [6, 6.07) is 0. The Morgan fingerprint density at radius 2 is 2.00 bits per heavy atom. The highest BCUT2D eigenvalue weighted by molar-refractivity contribution is 5.84. The van der Waals surface area contributed by atoms with Gasteiger partial charge in [-0.25, -0.2) is 4.79 Å². The van der Waals surface area contributed by atoms with E-state index in [1.807, 2.05) is 0 Å². The Hall–Kier alpha value is -1.78. The van der Waals surface area contributed by atoms with E-state index in [1.54, 1.807) is 0 Å². The molecule has 0 aromatic heterocycles. The van der Waals surface area contributed by atoms with Gasteiger partial charge in [-0.3, -0.25) is 4.79 Å². The molecule has 1 unspecified atom stereocenters. The maximum absolute atomic E-state index is 11.4. The fraction of sp³-hybridized carbons (Fsp3) is 0.400. The minimum Gasteiger partial charge on any atom is -0.875 e. The van der Waals surface area contributed by atoms with E-state index in [4.69, 9.17) is 0 Å². The van der Waals surface area contributed by atoms with Gasteiger partial charge in [-0.1, -0.05) is 6.08 Å². The molecule has 1 atom stereocenters. The first-order valence-corrected chi connectivity index (χ1v) is 4.22. The predicted molar refractivity (Wildman–Crippen MR) is 50.4 cm³/mol. The van der Waals surface area contributed by atoms with Crippen molar-refractivity contribution in [3.05, 3.63) is 24.5 Å². The van der Waals surface area contributed by atoms with Crippen molar-refractivity contribution >= 4 is 11.9 Å². The van der Waals surface area contributed by atoms with E-state index in [1.165, 1.54) is 13.2 Å². The molecular formula is C10H13O5-. The first-order chi connectivity index (χ1) is 7.06. The van der Waals surface area contributed by atoms with Gasteiger partial charge >= 0.3 is 11.9 Å². The third-order valence-electron chi connectivity index (χ3n) is 1.69. The van der Waals surface area contributed by atoms with E-state index in [-0.39, 0.29) is 6.42 Å². The minimum atomic E-state index is -1.02. The van der Waals surface area contributed by atoms with Crippen molar-refractivity contribution in [2.24, 2.45) is 5.92 Å². The Morgan fingerprint density at radius 1 is 1.40 bits per heavy atom. The number of methoxy groups -OCH3 is 2. The molecule has 0 amide bonds. The van der Waals surface area contributed by atoms with Crippen LogP contribution in [0.25, 0.3) is 0 Å². The summed E-state index contributed by atoms with van der Waals surface area (Å²) in [4.78, 5) is 21.9. The molecule has 0 radical (unpaired) electrons. The number of carbonyl (C=O) groups excluding carboxylic acids is 2. The van der Waals surface area contributed by atoms with Gasteiger partial charge in [-0.15, -0.1) is 12.3 Å². The van der Waals surface area contributed by atoms with Gasteiger partial charge in [-0.05, 0) is 6.42 Å². The highest BCUT2D eigenvalue weighted by Crippen LogP contribution is 2.12. The van der Waals surface area contributed by atoms with Crippen LogP contribution in [0.5, 0.6) is 0 Å². The number of allylic oxidation sites excluding steroid dienone is 1. The quantitative estimate of drug-likeness (QED) is 0.273. The van der Waals surface area contributed by atoms with Gasteiger partial charge < -0.3 is 14.6 Å². The zero-order valence-corrected chi connectivity index (χ0v) is 8.69. The first-order valence-electron chi connectivity index (χ1n) is 4.22. The second-order valence-electron chi connectivity index (χ2n) is 2.67. The largest absolute Gasteiger partial charge is 0.875 e. The van der Waals surface area contributed by atoms with Crippen LogP contribution in [0.15, 0.2) is 24.5 Å². The SMILES string of the molecule is C=CCC(C(=O)OC)/C([O-])=C/C(=O)OC. The lowest BCUT2D eigenvalue weighted by atomic mass is 10.0. The van der Waals surface area contributed by atoms with Crippen LogP contribution in [0, 0.1) is 5.92 Å². The van der Waals surface area contributed by atoms with Gasteiger partial charge in [0.2, 0.25) is 0 Å². The molecular weight excluding hydrogens is 200 g/mol. The lowest BCUT2D eigenvalue weighted by Gasteiger charge is -2.20. The highest BCUT2D eigenvalue weighted by atomic mass is 16.5. The van der Waals surface area contributed by atoms with Crippen molar-refractivity contribution < 1.29 is 24.2 Å². The van der Waals surface area contributed by atoms with E-state index < -0.39 is 23.6 Å². The molecule has 0 aromatic carbocycles. The Labute approximate surface area is 88.0 Å². The molecule has 0 aliphatic carbocycles. The second kappa shape index (κ2) is 6.64. The number of hydrogen-bond donors (Lipinski definition) is 0. The van der Waals surface area contributed by atoms with E-state index in [2.05, 4.69) is 16.1 Å². The topological polar surface area (TPSA) is 75.7 Å². The average Bonchev–Trinajstić information content (AvgIpc) is 2.24. The number of carbonyl (C=O) groups is 2. The minimum absolute atomic E-state index is 0.124. The number of hydrogen-bond acceptors (Lipinski definition) is 5. The molecule has 0 spiro atoms. The zero-order valence-electron chi connectivity index (χ0n) is 8.69. The summed E-state index contributed by atoms with van der Waals surface area (Å²) in [6.45, 7) is 3.41. The molecule has 0 aliphatic rings. The van der Waals surface area contributed by atoms with Gasteiger partial charge in [0, 0.05) is 6.08 Å². The maximum Gasteiger partial charge on any atom is 0.329 e. The monoisotopic (exact) mass is 213 g/mol. The molecule has 0 rings (SSSR count). The van der Waals surface area contributed by atoms with Gasteiger partial charge in [0.25, 0.3) is 0 Å². The Bertz CT molecular complexity index is 280. The molecule has 84 valence electrons. The Morgan fingerprint density at radius 3 is 2.40 bits per heavy atom. The third-order valence-corrected chi connectivity index (χ3v) is 1.69. The highest BCUT2D eigenvalue weighted by Gasteiger charge is 2.17. The van der Waals surface area contributed by atoms with Crippen LogP contribution >= 0.6 is 0 Å². The molecule has 0 heterocycles. The summed E-state index contributed by atoms with van der Waals surface area (Å²) in [5, 5.41) is 11.4. The second-order valence-corrected chi connectivity index (χ2v) is 2.67. The fourth-order valence-corrected chi connectivity index (χ4v) is 0.913. The first kappa shape index (κ1) is 13.2. The lowest BCUT2D eigenvalue weighted by Crippen LogP contribution is -2.25. The summed E-state index contributed by atoms with van der Waals surface area (Å²) in [6.07, 6.45) is 2.26. The smallest absolute Gasteiger partial charge is 0.329 e. The van der Waals surface area contributed by atoms with Crippen molar-refractivity contribution in [1.82, 2.24) is 0 Å². The van der Waals surface area contributed by atoms with Crippen LogP contribution < -0.4 is 5.11 Å². The van der Waals surface area contributed by atoms with E-state index in [0.29, 0.717) is 0 Å². The summed E-state index contributed by atoms with van der Waals surface area (Å²) in [7, 11) is 2.32. The van der Waals surface area contributed by atoms with Crippen LogP contribution in [-0.2, 0) is 19.1 Å². The maximum atomic E-state index is 11.4. The molecule has 0 saturated carbocycles. The molecule has 15 heavy (non-hydrogen) atoms. The molecule has 0 aliphatic heterocycles. The van der Waals surface area contributed by atoms with Crippen molar-refractivity contribution in [1.29, 1.82) is 0 Å². The van der Waals surface area contributed by atoms with Crippen molar-refractivity contribution in [2.75, 3.05) is 14.2 Å². The zero-order chi connectivity index (χ0) is 11.8. The van der Waals surface area contributed by atoms with Crippen LogP contribution in [0.2, 0.25) is 0 Å². The van der Waals surface area contributed by atoms with Crippen LogP contribution in [-0.4, -0.2) is 26.2 Å². The summed E-state index contributed by atoms with van der Waals surface area (Å²) < 4.78 is 8.69. The van der Waals surface area contributed by atoms with Gasteiger partial charge in [0.1, 0.15) is 0 Å². The van der Waals surface area contributed by atoms with Gasteiger partial charge in [0.05, 0.1) is 20.1 Å². The molecule has 0 aromatic rings. The van der Waals surface area contributed by atoms with E-state index in [9.17, 15) is 14.7 Å². The van der Waals surface area contributed by atoms with Crippen LogP contribution in [0.1, 0.15) is 6.42 Å². The summed E-state index contributed by atoms with van der Waals surface area (Å²) >= 11 is 0. The standard InChI is InChI=1S/C10H14O5/c1-4-5-7(10(13)15-3)8(11)6-9(12)14-2/h4,6-7,11H,1,5H2,2-3H3/p-1/b8-6-. The van der Waals surface area contributed by atoms with E-state index >= 15 is 0 Å². The van der Waals surface area contributed by atoms with Crippen molar-refractivity contribution in [2.45, 2.75) is 6.42 Å². The van der Waals surface area contributed by atoms with Crippen molar-refractivity contribution in [3.8, 4) is 0 Å². The average molecular weight is 213 g/mol. The molecule has 0 bridgehead atoms. The van der Waals surface area contributed by atoms with Crippen molar-refractivity contribution in [3.63, 3.8) is 0 Å². The van der Waals surface area contributed by atoms with E-state index in [0.717, 1.165) is 13.2 Å². The third kappa shape index (κ3) is 4.30. The fourth-order valence-electron chi connectivity index (χ4n) is 0.913. The summed E-state index contributed by atoms with van der Waals surface area (Å²) in [5.74, 6) is -3.15. The summed E-state index contributed by atoms with van der Waals surface area (Å²) in [5.41, 5.74) is 0. The Balaban J connectivity index is 4.75. The molecule has 0 N–H and O–H groups in total. The predicted octanol–water partition coefficient (Wildman–Crippen LogP) is -0.231. The molecule has 5 heteroatoms. The lowest BCUT2D eigenvalue weighted by molar-refractivity contribution is -0.314. The van der Waals surface area contributed by atoms with Crippen LogP contribution in [0.3, 0.4) is 0 Å². The van der Waals surface area contributed by atoms with Crippen LogP contribution in [0.4, 0.5) is 0 Å². The Kier molecular flexibility index (Phi) is 5.85. The number of esters is 2. The molecule has 0 fully saturated rings. The number of ether oxygens (including phenoxy) is 2. The molecule has 0 saturated heterocycles. The van der Waals surface area contributed by atoms with Gasteiger partial charge in [0.15, 0.2) is 0 Å².